The number of benzene rings is 2. The number of hydrogen-bond acceptors (Lipinski definition) is 6. The van der Waals surface area contributed by atoms with Gasteiger partial charge in [-0.25, -0.2) is 8.42 Å². The predicted octanol–water partition coefficient (Wildman–Crippen LogP) is 3.21. The Hall–Kier alpha value is -2.98. The molecule has 1 N–H and O–H groups in total. The van der Waals surface area contributed by atoms with Gasteiger partial charge in [-0.1, -0.05) is 37.1 Å². The van der Waals surface area contributed by atoms with E-state index in [4.69, 9.17) is 21.1 Å². The standard InChI is InChI=1S/C25H32ClN3O6S/c1-4-5-12-27-25(31)18(2)28(16-19-6-8-20(26)9-7-19)24(30)17-29(36(3,32)33)21-10-11-22-23(15-21)35-14-13-34-22/h6-11,15,18H,4-5,12-14,16-17H2,1-3H3,(H,27,31)/t18-/m0/s1. The third-order valence-corrected chi connectivity index (χ3v) is 7.15. The van der Waals surface area contributed by atoms with Crippen molar-refractivity contribution in [1.29, 1.82) is 0 Å². The first kappa shape index (κ1) is 27.6. The van der Waals surface area contributed by atoms with Crippen LogP contribution in [-0.2, 0) is 26.2 Å². The molecule has 2 aromatic rings. The summed E-state index contributed by atoms with van der Waals surface area (Å²) in [7, 11) is -3.84. The summed E-state index contributed by atoms with van der Waals surface area (Å²) in [6.45, 7) is 4.50. The number of ether oxygens (including phenoxy) is 2. The maximum absolute atomic E-state index is 13.6. The smallest absolute Gasteiger partial charge is 0.244 e. The maximum Gasteiger partial charge on any atom is 0.244 e. The molecule has 0 saturated heterocycles. The van der Waals surface area contributed by atoms with Gasteiger partial charge in [0.05, 0.1) is 11.9 Å². The zero-order valence-electron chi connectivity index (χ0n) is 20.7. The number of hydrogen-bond donors (Lipinski definition) is 1. The molecule has 36 heavy (non-hydrogen) atoms. The Morgan fingerprint density at radius 3 is 2.39 bits per heavy atom. The number of amides is 2. The molecular weight excluding hydrogens is 506 g/mol. The van der Waals surface area contributed by atoms with E-state index >= 15 is 0 Å². The lowest BCUT2D eigenvalue weighted by atomic mass is 10.1. The molecule has 0 spiro atoms. The van der Waals surface area contributed by atoms with E-state index in [1.165, 1.54) is 11.0 Å². The van der Waals surface area contributed by atoms with Gasteiger partial charge in [0.25, 0.3) is 0 Å². The summed E-state index contributed by atoms with van der Waals surface area (Å²) >= 11 is 5.99. The number of halogens is 1. The zero-order chi connectivity index (χ0) is 26.3. The Balaban J connectivity index is 1.88. The third kappa shape index (κ3) is 7.27. The van der Waals surface area contributed by atoms with E-state index in [0.717, 1.165) is 29.0 Å². The Morgan fingerprint density at radius 2 is 1.75 bits per heavy atom. The molecule has 0 fully saturated rings. The number of nitrogens with zero attached hydrogens (tertiary/aromatic N) is 2. The van der Waals surface area contributed by atoms with Gasteiger partial charge >= 0.3 is 0 Å². The normalized spacial score (nSPS) is 13.6. The van der Waals surface area contributed by atoms with Crippen molar-refractivity contribution in [2.24, 2.45) is 0 Å². The van der Waals surface area contributed by atoms with Gasteiger partial charge in [-0.3, -0.25) is 13.9 Å². The van der Waals surface area contributed by atoms with E-state index < -0.39 is 28.5 Å². The molecule has 0 bridgehead atoms. The number of carbonyl (C=O) groups excluding carboxylic acids is 2. The summed E-state index contributed by atoms with van der Waals surface area (Å²) in [4.78, 5) is 27.8. The average molecular weight is 538 g/mol. The molecule has 3 rings (SSSR count). The fourth-order valence-electron chi connectivity index (χ4n) is 3.71. The summed E-state index contributed by atoms with van der Waals surface area (Å²) in [5, 5.41) is 3.39. The van der Waals surface area contributed by atoms with Gasteiger partial charge in [-0.2, -0.15) is 0 Å². The first-order chi connectivity index (χ1) is 17.1. The van der Waals surface area contributed by atoms with Crippen LogP contribution in [0.1, 0.15) is 32.3 Å². The molecular formula is C25H32ClN3O6S. The molecule has 1 aliphatic rings. The van der Waals surface area contributed by atoms with Gasteiger partial charge in [0, 0.05) is 24.2 Å². The van der Waals surface area contributed by atoms with Crippen LogP contribution in [0, 0.1) is 0 Å². The Labute approximate surface area is 217 Å². The number of carbonyl (C=O) groups is 2. The fraction of sp³-hybridized carbons (Fsp3) is 0.440. The van der Waals surface area contributed by atoms with Crippen molar-refractivity contribution in [2.75, 3.05) is 36.9 Å². The zero-order valence-corrected chi connectivity index (χ0v) is 22.3. The second-order valence-corrected chi connectivity index (χ2v) is 10.9. The summed E-state index contributed by atoms with van der Waals surface area (Å²) in [6.07, 6.45) is 2.76. The summed E-state index contributed by atoms with van der Waals surface area (Å²) in [5.41, 5.74) is 1.02. The first-order valence-corrected chi connectivity index (χ1v) is 14.0. The number of sulfonamides is 1. The van der Waals surface area contributed by atoms with E-state index in [2.05, 4.69) is 5.32 Å². The Morgan fingerprint density at radius 1 is 1.08 bits per heavy atom. The van der Waals surface area contributed by atoms with Gasteiger partial charge in [0.1, 0.15) is 25.8 Å². The van der Waals surface area contributed by atoms with Crippen molar-refractivity contribution in [3.8, 4) is 11.5 Å². The number of anilines is 1. The molecule has 1 atom stereocenters. The summed E-state index contributed by atoms with van der Waals surface area (Å²) < 4.78 is 37.5. The van der Waals surface area contributed by atoms with Crippen LogP contribution >= 0.6 is 11.6 Å². The molecule has 9 nitrogen and oxygen atoms in total. The Kier molecular flexibility index (Phi) is 9.44. The van der Waals surface area contributed by atoms with Crippen LogP contribution in [0.15, 0.2) is 42.5 Å². The second-order valence-electron chi connectivity index (χ2n) is 8.57. The first-order valence-electron chi connectivity index (χ1n) is 11.8. The van der Waals surface area contributed by atoms with Crippen LogP contribution in [0.3, 0.4) is 0 Å². The predicted molar refractivity (Wildman–Crippen MR) is 139 cm³/mol. The van der Waals surface area contributed by atoms with E-state index in [9.17, 15) is 18.0 Å². The maximum atomic E-state index is 13.6. The van der Waals surface area contributed by atoms with Crippen molar-refractivity contribution in [3.05, 3.63) is 53.1 Å². The monoisotopic (exact) mass is 537 g/mol. The van der Waals surface area contributed by atoms with Gasteiger partial charge in [0.2, 0.25) is 21.8 Å². The molecule has 2 aromatic carbocycles. The van der Waals surface area contributed by atoms with Gasteiger partial charge in [-0.15, -0.1) is 0 Å². The fourth-order valence-corrected chi connectivity index (χ4v) is 4.67. The topological polar surface area (TPSA) is 105 Å². The van der Waals surface area contributed by atoms with E-state index in [1.54, 1.807) is 43.3 Å². The second kappa shape index (κ2) is 12.3. The van der Waals surface area contributed by atoms with Crippen molar-refractivity contribution in [3.63, 3.8) is 0 Å². The molecule has 2 amide bonds. The lowest BCUT2D eigenvalue weighted by molar-refractivity contribution is -0.139. The van der Waals surface area contributed by atoms with Crippen LogP contribution in [0.25, 0.3) is 0 Å². The molecule has 0 aliphatic carbocycles. The Bertz CT molecular complexity index is 1170. The molecule has 196 valence electrons. The van der Waals surface area contributed by atoms with Crippen LogP contribution in [0.4, 0.5) is 5.69 Å². The summed E-state index contributed by atoms with van der Waals surface area (Å²) in [5.74, 6) is 0.0764. The molecule has 11 heteroatoms. The minimum atomic E-state index is -3.84. The molecule has 0 saturated carbocycles. The van der Waals surface area contributed by atoms with Crippen molar-refractivity contribution in [2.45, 2.75) is 39.3 Å². The van der Waals surface area contributed by atoms with Crippen molar-refractivity contribution in [1.82, 2.24) is 10.2 Å². The molecule has 0 radical (unpaired) electrons. The highest BCUT2D eigenvalue weighted by Gasteiger charge is 2.30. The number of fused-ring (bicyclic) bond motifs is 1. The third-order valence-electron chi connectivity index (χ3n) is 5.76. The molecule has 0 unspecified atom stereocenters. The SMILES string of the molecule is CCCCNC(=O)[C@H](C)N(Cc1ccc(Cl)cc1)C(=O)CN(c1ccc2c(c1)OCCO2)S(C)(=O)=O. The van der Waals surface area contributed by atoms with E-state index in [-0.39, 0.29) is 18.1 Å². The number of unbranched alkanes of at least 4 members (excludes halogenated alkanes) is 1. The number of nitrogens with one attached hydrogen (secondary N) is 1. The quantitative estimate of drug-likeness (QED) is 0.441. The van der Waals surface area contributed by atoms with Crippen LogP contribution < -0.4 is 19.1 Å². The lowest BCUT2D eigenvalue weighted by Gasteiger charge is -2.31. The van der Waals surface area contributed by atoms with Gasteiger partial charge in [0.15, 0.2) is 11.5 Å². The van der Waals surface area contributed by atoms with Crippen molar-refractivity contribution >= 4 is 39.1 Å². The van der Waals surface area contributed by atoms with Gasteiger partial charge in [-0.05, 0) is 43.2 Å². The highest BCUT2D eigenvalue weighted by molar-refractivity contribution is 7.92. The molecule has 1 heterocycles. The number of rotatable bonds is 11. The van der Waals surface area contributed by atoms with E-state index in [1.807, 2.05) is 6.92 Å². The highest BCUT2D eigenvalue weighted by Crippen LogP contribution is 2.34. The minimum absolute atomic E-state index is 0.108. The molecule has 1 aliphatic heterocycles. The lowest BCUT2D eigenvalue weighted by Crippen LogP contribution is -2.51. The average Bonchev–Trinajstić information content (AvgIpc) is 2.85. The van der Waals surface area contributed by atoms with Crippen molar-refractivity contribution < 1.29 is 27.5 Å². The van der Waals surface area contributed by atoms with Crippen LogP contribution in [0.2, 0.25) is 5.02 Å². The van der Waals surface area contributed by atoms with Crippen LogP contribution in [-0.4, -0.2) is 63.7 Å². The minimum Gasteiger partial charge on any atom is -0.486 e. The van der Waals surface area contributed by atoms with Crippen LogP contribution in [0.5, 0.6) is 11.5 Å². The van der Waals surface area contributed by atoms with Gasteiger partial charge < -0.3 is 19.7 Å². The largest absolute Gasteiger partial charge is 0.486 e. The summed E-state index contributed by atoms with van der Waals surface area (Å²) in [6, 6.07) is 10.8. The highest BCUT2D eigenvalue weighted by atomic mass is 35.5. The molecule has 0 aromatic heterocycles. The van der Waals surface area contributed by atoms with E-state index in [0.29, 0.717) is 36.3 Å².